The zero-order chi connectivity index (χ0) is 12.5. The molecule has 0 saturated carbocycles. The number of nitrogens with zero attached hydrogens (tertiary/aromatic N) is 1. The predicted molar refractivity (Wildman–Crippen MR) is 68.1 cm³/mol. The summed E-state index contributed by atoms with van der Waals surface area (Å²) in [4.78, 5) is 25.0. The molecule has 1 aromatic carbocycles. The lowest BCUT2D eigenvalue weighted by atomic mass is 10.2. The topological polar surface area (TPSA) is 46.6 Å². The third-order valence-electron chi connectivity index (χ3n) is 3.26. The van der Waals surface area contributed by atoms with Crippen molar-refractivity contribution in [1.29, 1.82) is 0 Å². The van der Waals surface area contributed by atoms with Crippen molar-refractivity contribution in [3.63, 3.8) is 0 Å². The Labute approximate surface area is 109 Å². The van der Waals surface area contributed by atoms with Gasteiger partial charge in [-0.1, -0.05) is 42.1 Å². The first kappa shape index (κ1) is 11.6. The molecule has 1 aromatic rings. The summed E-state index contributed by atoms with van der Waals surface area (Å²) < 4.78 is 5.24. The SMILES string of the molecule is O=C1S[C@H]2C[C@@H]1N(C(=O)OCc1ccccc1)C2. The minimum Gasteiger partial charge on any atom is -0.445 e. The van der Waals surface area contributed by atoms with Crippen LogP contribution >= 0.6 is 11.8 Å². The molecule has 18 heavy (non-hydrogen) atoms. The third-order valence-corrected chi connectivity index (χ3v) is 4.44. The molecule has 94 valence electrons. The molecule has 0 aliphatic carbocycles. The van der Waals surface area contributed by atoms with Crippen molar-refractivity contribution >= 4 is 23.0 Å². The second-order valence-corrected chi connectivity index (χ2v) is 5.81. The van der Waals surface area contributed by atoms with Gasteiger partial charge in [-0.25, -0.2) is 4.79 Å². The second kappa shape index (κ2) is 4.65. The van der Waals surface area contributed by atoms with Gasteiger partial charge in [0.2, 0.25) is 5.12 Å². The third kappa shape index (κ3) is 2.10. The van der Waals surface area contributed by atoms with Gasteiger partial charge in [-0.3, -0.25) is 9.69 Å². The van der Waals surface area contributed by atoms with E-state index in [0.29, 0.717) is 6.54 Å². The molecule has 3 rings (SSSR count). The lowest BCUT2D eigenvalue weighted by Crippen LogP contribution is -2.41. The normalized spacial score (nSPS) is 25.6. The van der Waals surface area contributed by atoms with Crippen LogP contribution in [-0.4, -0.2) is 33.9 Å². The lowest BCUT2D eigenvalue weighted by molar-refractivity contribution is -0.114. The summed E-state index contributed by atoms with van der Waals surface area (Å²) in [5.41, 5.74) is 0.955. The van der Waals surface area contributed by atoms with E-state index in [-0.39, 0.29) is 29.1 Å². The number of amides is 1. The van der Waals surface area contributed by atoms with Crippen LogP contribution in [0.15, 0.2) is 30.3 Å². The number of carbonyl (C=O) groups is 2. The highest BCUT2D eigenvalue weighted by molar-refractivity contribution is 8.14. The monoisotopic (exact) mass is 263 g/mol. The highest BCUT2D eigenvalue weighted by atomic mass is 32.2. The van der Waals surface area contributed by atoms with E-state index in [0.717, 1.165) is 12.0 Å². The van der Waals surface area contributed by atoms with E-state index in [1.807, 2.05) is 30.3 Å². The number of rotatable bonds is 2. The Morgan fingerprint density at radius 2 is 2.17 bits per heavy atom. The number of thioether (sulfide) groups is 1. The van der Waals surface area contributed by atoms with Gasteiger partial charge in [-0.2, -0.15) is 0 Å². The van der Waals surface area contributed by atoms with Gasteiger partial charge in [0, 0.05) is 11.8 Å². The van der Waals surface area contributed by atoms with Crippen LogP contribution in [-0.2, 0) is 16.1 Å². The maximum atomic E-state index is 11.9. The molecular weight excluding hydrogens is 250 g/mol. The number of ether oxygens (including phenoxy) is 1. The van der Waals surface area contributed by atoms with E-state index in [2.05, 4.69) is 0 Å². The highest BCUT2D eigenvalue weighted by Gasteiger charge is 2.47. The summed E-state index contributed by atoms with van der Waals surface area (Å²) in [6, 6.07) is 9.28. The Bertz CT molecular complexity index is 476. The standard InChI is InChI=1S/C13H13NO3S/c15-12-11-6-10(18-12)7-14(11)13(16)17-8-9-4-2-1-3-5-9/h1-5,10-11H,6-8H2/t10-,11-/m0/s1. The summed E-state index contributed by atoms with van der Waals surface area (Å²) in [6.45, 7) is 0.892. The lowest BCUT2D eigenvalue weighted by Gasteiger charge is -2.24. The van der Waals surface area contributed by atoms with Crippen molar-refractivity contribution in [2.45, 2.75) is 24.3 Å². The minimum absolute atomic E-state index is 0.0999. The first-order chi connectivity index (χ1) is 8.74. The summed E-state index contributed by atoms with van der Waals surface area (Å²) in [5.74, 6) is 0. The molecule has 0 unspecified atom stereocenters. The van der Waals surface area contributed by atoms with E-state index in [4.69, 9.17) is 4.74 Å². The molecular formula is C13H13NO3S. The van der Waals surface area contributed by atoms with Crippen molar-refractivity contribution in [1.82, 2.24) is 4.90 Å². The zero-order valence-electron chi connectivity index (χ0n) is 9.74. The summed E-state index contributed by atoms with van der Waals surface area (Å²) in [6.07, 6.45) is 0.407. The Hall–Kier alpha value is -1.49. The number of hydrogen-bond donors (Lipinski definition) is 0. The first-order valence-electron chi connectivity index (χ1n) is 5.92. The molecule has 2 aliphatic rings. The molecule has 1 amide bonds. The molecule has 2 atom stereocenters. The van der Waals surface area contributed by atoms with E-state index >= 15 is 0 Å². The quantitative estimate of drug-likeness (QED) is 0.819. The average Bonchev–Trinajstić information content (AvgIpc) is 2.96. The van der Waals surface area contributed by atoms with Gasteiger partial charge in [0.15, 0.2) is 0 Å². The maximum Gasteiger partial charge on any atom is 0.410 e. The van der Waals surface area contributed by atoms with E-state index in [1.165, 1.54) is 11.8 Å². The molecule has 2 fully saturated rings. The largest absolute Gasteiger partial charge is 0.445 e. The van der Waals surface area contributed by atoms with Crippen LogP contribution in [0.5, 0.6) is 0 Å². The highest BCUT2D eigenvalue weighted by Crippen LogP contribution is 2.39. The fraction of sp³-hybridized carbons (Fsp3) is 0.385. The average molecular weight is 263 g/mol. The van der Waals surface area contributed by atoms with E-state index in [1.54, 1.807) is 4.90 Å². The molecule has 2 aliphatic heterocycles. The summed E-state index contributed by atoms with van der Waals surface area (Å²) in [7, 11) is 0. The number of carbonyl (C=O) groups excluding carboxylic acids is 2. The van der Waals surface area contributed by atoms with Crippen LogP contribution < -0.4 is 0 Å². The summed E-state index contributed by atoms with van der Waals surface area (Å²) in [5, 5.41) is 0.370. The first-order valence-corrected chi connectivity index (χ1v) is 6.80. The number of fused-ring (bicyclic) bond motifs is 2. The van der Waals surface area contributed by atoms with Crippen molar-refractivity contribution < 1.29 is 14.3 Å². The fourth-order valence-corrected chi connectivity index (χ4v) is 3.58. The van der Waals surface area contributed by atoms with Crippen LogP contribution in [0.3, 0.4) is 0 Å². The molecule has 2 saturated heterocycles. The van der Waals surface area contributed by atoms with Gasteiger partial charge < -0.3 is 4.74 Å². The van der Waals surface area contributed by atoms with Crippen LogP contribution in [0.4, 0.5) is 4.79 Å². The fourth-order valence-electron chi connectivity index (χ4n) is 2.35. The van der Waals surface area contributed by atoms with Crippen LogP contribution in [0, 0.1) is 0 Å². The number of likely N-dealkylation sites (tertiary alicyclic amines) is 1. The van der Waals surface area contributed by atoms with Gasteiger partial charge in [-0.05, 0) is 12.0 Å². The Balaban J connectivity index is 1.58. The van der Waals surface area contributed by atoms with E-state index < -0.39 is 0 Å². The van der Waals surface area contributed by atoms with Gasteiger partial charge in [0.05, 0.1) is 0 Å². The molecule has 5 heteroatoms. The molecule has 4 nitrogen and oxygen atoms in total. The van der Waals surface area contributed by atoms with Gasteiger partial charge in [-0.15, -0.1) is 0 Å². The Morgan fingerprint density at radius 3 is 2.83 bits per heavy atom. The van der Waals surface area contributed by atoms with Crippen molar-refractivity contribution in [3.8, 4) is 0 Å². The van der Waals surface area contributed by atoms with Crippen molar-refractivity contribution in [2.75, 3.05) is 6.54 Å². The van der Waals surface area contributed by atoms with Gasteiger partial charge in [0.1, 0.15) is 12.6 Å². The minimum atomic E-state index is -0.375. The molecule has 0 N–H and O–H groups in total. The Morgan fingerprint density at radius 1 is 1.39 bits per heavy atom. The molecule has 0 aromatic heterocycles. The maximum absolute atomic E-state index is 11.9. The second-order valence-electron chi connectivity index (χ2n) is 4.50. The van der Waals surface area contributed by atoms with E-state index in [9.17, 15) is 9.59 Å². The van der Waals surface area contributed by atoms with Gasteiger partial charge in [0.25, 0.3) is 0 Å². The molecule has 2 bridgehead atoms. The molecule has 2 heterocycles. The Kier molecular flexibility index (Phi) is 2.99. The van der Waals surface area contributed by atoms with Crippen molar-refractivity contribution in [2.24, 2.45) is 0 Å². The number of hydrogen-bond acceptors (Lipinski definition) is 4. The zero-order valence-corrected chi connectivity index (χ0v) is 10.6. The number of benzene rings is 1. The van der Waals surface area contributed by atoms with Crippen LogP contribution in [0.2, 0.25) is 0 Å². The summed E-state index contributed by atoms with van der Waals surface area (Å²) >= 11 is 1.36. The van der Waals surface area contributed by atoms with Crippen molar-refractivity contribution in [3.05, 3.63) is 35.9 Å². The van der Waals surface area contributed by atoms with Crippen LogP contribution in [0.1, 0.15) is 12.0 Å². The van der Waals surface area contributed by atoms with Gasteiger partial charge >= 0.3 is 6.09 Å². The molecule has 0 spiro atoms. The predicted octanol–water partition coefficient (Wildman–Crippen LogP) is 2.04. The molecule has 0 radical (unpaired) electrons. The smallest absolute Gasteiger partial charge is 0.410 e. The van der Waals surface area contributed by atoms with Crippen LogP contribution in [0.25, 0.3) is 0 Å².